The fourth-order valence-electron chi connectivity index (χ4n) is 7.85. The van der Waals surface area contributed by atoms with Gasteiger partial charge < -0.3 is 24.4 Å². The van der Waals surface area contributed by atoms with E-state index in [9.17, 15) is 19.5 Å². The third-order valence-electron chi connectivity index (χ3n) is 9.42. The highest BCUT2D eigenvalue weighted by Gasteiger charge is 2.79. The maximum atomic E-state index is 14.7. The van der Waals surface area contributed by atoms with Crippen LogP contribution in [0.4, 0.5) is 0 Å². The van der Waals surface area contributed by atoms with Crippen LogP contribution >= 0.6 is 0 Å². The van der Waals surface area contributed by atoms with Crippen molar-refractivity contribution in [2.24, 2.45) is 17.8 Å². The number of aliphatic hydroxyl groups is 1. The molecule has 3 aliphatic heterocycles. The second kappa shape index (κ2) is 11.5. The first-order chi connectivity index (χ1) is 18.2. The minimum Gasteiger partial charge on any atom is -0.461 e. The van der Waals surface area contributed by atoms with Gasteiger partial charge in [0.15, 0.2) is 0 Å². The monoisotopic (exact) mass is 530 g/mol. The van der Waals surface area contributed by atoms with Crippen LogP contribution in [0.2, 0.25) is 0 Å². The average Bonchev–Trinajstić information content (AvgIpc) is 3.52. The van der Waals surface area contributed by atoms with Crippen molar-refractivity contribution in [1.29, 1.82) is 0 Å². The molecule has 0 aromatic heterocycles. The van der Waals surface area contributed by atoms with Crippen molar-refractivity contribution in [1.82, 2.24) is 9.80 Å². The Kier molecular flexibility index (Phi) is 8.72. The van der Waals surface area contributed by atoms with E-state index in [1.54, 1.807) is 11.0 Å². The Balaban J connectivity index is 1.81. The van der Waals surface area contributed by atoms with Crippen LogP contribution in [-0.2, 0) is 23.9 Å². The van der Waals surface area contributed by atoms with E-state index >= 15 is 0 Å². The number of hydrogen-bond donors (Lipinski definition) is 1. The second-order valence-corrected chi connectivity index (χ2v) is 12.0. The van der Waals surface area contributed by atoms with Crippen molar-refractivity contribution < 1.29 is 29.0 Å². The molecule has 0 aromatic carbocycles. The lowest BCUT2D eigenvalue weighted by Gasteiger charge is -2.42. The molecule has 2 amide bonds. The molecule has 0 radical (unpaired) electrons. The van der Waals surface area contributed by atoms with Crippen molar-refractivity contribution in [3.63, 3.8) is 0 Å². The van der Waals surface area contributed by atoms with Gasteiger partial charge in [0, 0.05) is 12.6 Å². The number of fused-ring (bicyclic) bond motifs is 1. The molecule has 2 bridgehead atoms. The number of amides is 2. The SMILES string of the molecule is C=CCOC(=O)[C@H]1[C@H]2C(=O)N([C@@H](CO)CC(C)C)C(C(=O)N(CC=C)C3CCCCC3)C23CC[C@]1(CC)O3. The smallest absolute Gasteiger partial charge is 0.313 e. The predicted molar refractivity (Wildman–Crippen MR) is 144 cm³/mol. The highest BCUT2D eigenvalue weighted by atomic mass is 16.6. The van der Waals surface area contributed by atoms with E-state index < -0.39 is 41.1 Å². The van der Waals surface area contributed by atoms with E-state index in [1.807, 2.05) is 25.7 Å². The number of aliphatic hydroxyl groups excluding tert-OH is 1. The van der Waals surface area contributed by atoms with Crippen molar-refractivity contribution in [2.75, 3.05) is 19.8 Å². The van der Waals surface area contributed by atoms with E-state index in [0.29, 0.717) is 32.2 Å². The first-order valence-corrected chi connectivity index (χ1v) is 14.5. The van der Waals surface area contributed by atoms with Crippen LogP contribution in [0.25, 0.3) is 0 Å². The first kappa shape index (κ1) is 28.8. The largest absolute Gasteiger partial charge is 0.461 e. The van der Waals surface area contributed by atoms with Gasteiger partial charge in [0.25, 0.3) is 0 Å². The molecule has 4 rings (SSSR count). The Bertz CT molecular complexity index is 930. The molecule has 8 heteroatoms. The van der Waals surface area contributed by atoms with Gasteiger partial charge in [0.2, 0.25) is 11.8 Å². The Morgan fingerprint density at radius 2 is 1.92 bits per heavy atom. The highest BCUT2D eigenvalue weighted by Crippen LogP contribution is 2.65. The summed E-state index contributed by atoms with van der Waals surface area (Å²) in [6, 6.07) is -1.37. The number of carbonyl (C=O) groups is 3. The lowest BCUT2D eigenvalue weighted by Crippen LogP contribution is -2.60. The molecular weight excluding hydrogens is 484 g/mol. The second-order valence-electron chi connectivity index (χ2n) is 12.0. The summed E-state index contributed by atoms with van der Waals surface area (Å²) < 4.78 is 12.3. The number of ether oxygens (including phenoxy) is 2. The standard InChI is InChI=1S/C30H46N2O6/c1-6-16-31(21-12-10-9-11-13-21)27(35)25-30-15-14-29(8-3,38-30)24(28(36)37-17-7-2)23(30)26(34)32(25)22(19-33)18-20(4)5/h6-7,20-25,33H,1-2,8-19H2,3-5H3/t22-,23+,24-,25?,29+,30?/m1/s1. The molecular formula is C30H46N2O6. The van der Waals surface area contributed by atoms with Crippen LogP contribution in [0.3, 0.4) is 0 Å². The van der Waals surface area contributed by atoms with Crippen LogP contribution in [-0.4, -0.2) is 81.8 Å². The van der Waals surface area contributed by atoms with Gasteiger partial charge in [-0.3, -0.25) is 14.4 Å². The summed E-state index contributed by atoms with van der Waals surface area (Å²) in [4.78, 5) is 46.0. The fourth-order valence-corrected chi connectivity index (χ4v) is 7.85. The molecule has 3 saturated heterocycles. The van der Waals surface area contributed by atoms with Crippen molar-refractivity contribution >= 4 is 17.8 Å². The van der Waals surface area contributed by atoms with Gasteiger partial charge >= 0.3 is 5.97 Å². The minimum atomic E-state index is -1.12. The summed E-state index contributed by atoms with van der Waals surface area (Å²) in [5, 5.41) is 10.5. The Labute approximate surface area is 227 Å². The van der Waals surface area contributed by atoms with Crippen molar-refractivity contribution in [2.45, 2.75) is 108 Å². The summed E-state index contributed by atoms with van der Waals surface area (Å²) in [6.07, 6.45) is 10.6. The van der Waals surface area contributed by atoms with Gasteiger partial charge in [-0.2, -0.15) is 0 Å². The van der Waals surface area contributed by atoms with Gasteiger partial charge in [0.05, 0.1) is 24.2 Å². The normalized spacial score (nSPS) is 33.3. The lowest BCUT2D eigenvalue weighted by molar-refractivity contribution is -0.163. The molecule has 212 valence electrons. The summed E-state index contributed by atoms with van der Waals surface area (Å²) in [5.41, 5.74) is -1.97. The van der Waals surface area contributed by atoms with E-state index in [2.05, 4.69) is 13.2 Å². The van der Waals surface area contributed by atoms with Gasteiger partial charge in [-0.1, -0.05) is 58.8 Å². The average molecular weight is 531 g/mol. The lowest BCUT2D eigenvalue weighted by atomic mass is 9.65. The Morgan fingerprint density at radius 1 is 1.21 bits per heavy atom. The zero-order valence-corrected chi connectivity index (χ0v) is 23.4. The van der Waals surface area contributed by atoms with Crippen LogP contribution in [0, 0.1) is 17.8 Å². The van der Waals surface area contributed by atoms with Crippen molar-refractivity contribution in [3.05, 3.63) is 25.3 Å². The summed E-state index contributed by atoms with van der Waals surface area (Å²) in [7, 11) is 0. The fraction of sp³-hybridized carbons (Fsp3) is 0.767. The van der Waals surface area contributed by atoms with E-state index in [0.717, 1.165) is 32.1 Å². The maximum absolute atomic E-state index is 14.7. The summed E-state index contributed by atoms with van der Waals surface area (Å²) in [5.74, 6) is -2.32. The van der Waals surface area contributed by atoms with Crippen LogP contribution in [0.15, 0.2) is 25.3 Å². The van der Waals surface area contributed by atoms with Crippen LogP contribution in [0.1, 0.15) is 78.6 Å². The molecule has 8 nitrogen and oxygen atoms in total. The summed E-state index contributed by atoms with van der Waals surface area (Å²) in [6.45, 7) is 13.8. The first-order valence-electron chi connectivity index (χ1n) is 14.5. The maximum Gasteiger partial charge on any atom is 0.313 e. The van der Waals surface area contributed by atoms with Gasteiger partial charge in [-0.25, -0.2) is 0 Å². The zero-order valence-electron chi connectivity index (χ0n) is 23.4. The molecule has 1 spiro atoms. The number of likely N-dealkylation sites (tertiary alicyclic amines) is 1. The number of carbonyl (C=O) groups excluding carboxylic acids is 3. The molecule has 38 heavy (non-hydrogen) atoms. The third-order valence-corrected chi connectivity index (χ3v) is 9.42. The highest BCUT2D eigenvalue weighted by molar-refractivity contribution is 5.99. The number of rotatable bonds is 12. The number of nitrogens with zero attached hydrogens (tertiary/aromatic N) is 2. The molecule has 4 aliphatic rings. The van der Waals surface area contributed by atoms with E-state index in [4.69, 9.17) is 9.47 Å². The topological polar surface area (TPSA) is 96.4 Å². The molecule has 1 N–H and O–H groups in total. The molecule has 0 aromatic rings. The Morgan fingerprint density at radius 3 is 2.50 bits per heavy atom. The van der Waals surface area contributed by atoms with Crippen molar-refractivity contribution in [3.8, 4) is 0 Å². The van der Waals surface area contributed by atoms with Gasteiger partial charge in [-0.15, -0.1) is 6.58 Å². The van der Waals surface area contributed by atoms with Crippen LogP contribution in [0.5, 0.6) is 0 Å². The molecule has 1 saturated carbocycles. The molecule has 1 aliphatic carbocycles. The minimum absolute atomic E-state index is 0.0521. The quantitative estimate of drug-likeness (QED) is 0.306. The summed E-state index contributed by atoms with van der Waals surface area (Å²) >= 11 is 0. The number of esters is 1. The molecule has 6 atom stereocenters. The molecule has 3 heterocycles. The number of hydrogen-bond acceptors (Lipinski definition) is 6. The molecule has 2 unspecified atom stereocenters. The zero-order chi connectivity index (χ0) is 27.7. The van der Waals surface area contributed by atoms with E-state index in [1.165, 1.54) is 6.08 Å². The predicted octanol–water partition coefficient (Wildman–Crippen LogP) is 3.62. The third kappa shape index (κ3) is 4.61. The van der Waals surface area contributed by atoms with Gasteiger partial charge in [0.1, 0.15) is 24.2 Å². The van der Waals surface area contributed by atoms with Gasteiger partial charge in [-0.05, 0) is 44.4 Å². The Hall–Kier alpha value is -2.19. The van der Waals surface area contributed by atoms with Crippen LogP contribution < -0.4 is 0 Å². The van der Waals surface area contributed by atoms with E-state index in [-0.39, 0.29) is 37.0 Å². The molecule has 4 fully saturated rings.